The van der Waals surface area contributed by atoms with Crippen LogP contribution in [0.15, 0.2) is 77.8 Å². The molecule has 1 heterocycles. The standard InChI is InChI=1S/C20H16N2/c1-22-19-10-6-5-9-17(19)18-13-16(11-12-20(18)22)21-14-15-7-3-2-4-8-15/h2-14H,1H3. The third kappa shape index (κ3) is 2.09. The van der Waals surface area contributed by atoms with E-state index in [0.29, 0.717) is 0 Å². The van der Waals surface area contributed by atoms with E-state index in [1.807, 2.05) is 24.4 Å². The van der Waals surface area contributed by atoms with Crippen LogP contribution in [0.3, 0.4) is 0 Å². The number of hydrogen-bond donors (Lipinski definition) is 0. The number of hydrogen-bond acceptors (Lipinski definition) is 1. The molecule has 22 heavy (non-hydrogen) atoms. The lowest BCUT2D eigenvalue weighted by molar-refractivity contribution is 1.01. The van der Waals surface area contributed by atoms with Crippen molar-refractivity contribution in [3.05, 3.63) is 78.4 Å². The monoisotopic (exact) mass is 284 g/mol. The summed E-state index contributed by atoms with van der Waals surface area (Å²) in [6.45, 7) is 0. The summed E-state index contributed by atoms with van der Waals surface area (Å²) in [5, 5.41) is 2.53. The van der Waals surface area contributed by atoms with Crippen LogP contribution in [0.1, 0.15) is 5.56 Å². The first kappa shape index (κ1) is 12.8. The summed E-state index contributed by atoms with van der Waals surface area (Å²) in [4.78, 5) is 4.61. The first-order chi connectivity index (χ1) is 10.8. The molecule has 0 aliphatic heterocycles. The number of fused-ring (bicyclic) bond motifs is 3. The molecule has 0 saturated heterocycles. The topological polar surface area (TPSA) is 17.3 Å². The number of aryl methyl sites for hydroxylation is 1. The predicted octanol–water partition coefficient (Wildman–Crippen LogP) is 5.08. The number of rotatable bonds is 2. The lowest BCUT2D eigenvalue weighted by atomic mass is 10.1. The van der Waals surface area contributed by atoms with Gasteiger partial charge in [0.1, 0.15) is 0 Å². The molecule has 0 fully saturated rings. The molecule has 0 unspecified atom stereocenters. The highest BCUT2D eigenvalue weighted by Gasteiger charge is 2.07. The minimum Gasteiger partial charge on any atom is -0.344 e. The summed E-state index contributed by atoms with van der Waals surface area (Å²) >= 11 is 0. The fourth-order valence-electron chi connectivity index (χ4n) is 2.92. The first-order valence-corrected chi connectivity index (χ1v) is 7.39. The zero-order valence-electron chi connectivity index (χ0n) is 12.4. The zero-order chi connectivity index (χ0) is 14.9. The molecule has 0 aliphatic carbocycles. The van der Waals surface area contributed by atoms with Crippen molar-refractivity contribution in [2.75, 3.05) is 0 Å². The van der Waals surface area contributed by atoms with E-state index in [-0.39, 0.29) is 0 Å². The SMILES string of the molecule is Cn1c2ccccc2c2cc(N=Cc3ccccc3)ccc21. The quantitative estimate of drug-likeness (QED) is 0.457. The molecule has 0 spiro atoms. The van der Waals surface area contributed by atoms with E-state index < -0.39 is 0 Å². The van der Waals surface area contributed by atoms with Gasteiger partial charge in [-0.1, -0.05) is 48.5 Å². The maximum Gasteiger partial charge on any atom is 0.0637 e. The van der Waals surface area contributed by atoms with E-state index in [1.54, 1.807) is 0 Å². The van der Waals surface area contributed by atoms with Crippen LogP contribution in [0.4, 0.5) is 5.69 Å². The molecular formula is C20H16N2. The molecule has 106 valence electrons. The Bertz CT molecular complexity index is 979. The highest BCUT2D eigenvalue weighted by molar-refractivity contribution is 6.09. The molecule has 4 rings (SSSR count). The minimum absolute atomic E-state index is 0.979. The average Bonchev–Trinajstić information content (AvgIpc) is 2.87. The lowest BCUT2D eigenvalue weighted by Gasteiger charge is -1.98. The van der Waals surface area contributed by atoms with Crippen molar-refractivity contribution in [1.29, 1.82) is 0 Å². The average molecular weight is 284 g/mol. The van der Waals surface area contributed by atoms with Crippen LogP contribution < -0.4 is 0 Å². The molecule has 0 N–H and O–H groups in total. The third-order valence-electron chi connectivity index (χ3n) is 4.06. The van der Waals surface area contributed by atoms with Crippen molar-refractivity contribution in [3.8, 4) is 0 Å². The van der Waals surface area contributed by atoms with Gasteiger partial charge >= 0.3 is 0 Å². The molecule has 3 aromatic carbocycles. The number of aromatic nitrogens is 1. The van der Waals surface area contributed by atoms with Crippen molar-refractivity contribution < 1.29 is 0 Å². The Hall–Kier alpha value is -2.87. The van der Waals surface area contributed by atoms with Gasteiger partial charge in [-0.25, -0.2) is 0 Å². The van der Waals surface area contributed by atoms with Crippen molar-refractivity contribution in [2.24, 2.45) is 12.0 Å². The smallest absolute Gasteiger partial charge is 0.0637 e. The molecule has 0 saturated carbocycles. The van der Waals surface area contributed by atoms with Gasteiger partial charge in [0.15, 0.2) is 0 Å². The van der Waals surface area contributed by atoms with Gasteiger partial charge in [-0.2, -0.15) is 0 Å². The molecule has 0 amide bonds. The molecule has 0 bridgehead atoms. The highest BCUT2D eigenvalue weighted by Crippen LogP contribution is 2.30. The van der Waals surface area contributed by atoms with Crippen LogP contribution in [0.25, 0.3) is 21.8 Å². The Morgan fingerprint density at radius 3 is 2.36 bits per heavy atom. The minimum atomic E-state index is 0.979. The molecule has 1 aromatic heterocycles. The molecule has 0 radical (unpaired) electrons. The zero-order valence-corrected chi connectivity index (χ0v) is 12.4. The van der Waals surface area contributed by atoms with E-state index in [9.17, 15) is 0 Å². The summed E-state index contributed by atoms with van der Waals surface area (Å²) in [5.41, 5.74) is 4.58. The van der Waals surface area contributed by atoms with Crippen molar-refractivity contribution in [1.82, 2.24) is 4.57 Å². The second kappa shape index (κ2) is 5.15. The Morgan fingerprint density at radius 2 is 1.50 bits per heavy atom. The van der Waals surface area contributed by atoms with Crippen molar-refractivity contribution >= 4 is 33.7 Å². The molecule has 0 aliphatic rings. The number of nitrogens with zero attached hydrogens (tertiary/aromatic N) is 2. The summed E-state index contributed by atoms with van der Waals surface area (Å²) in [6.07, 6.45) is 1.91. The van der Waals surface area contributed by atoms with Crippen LogP contribution in [0.2, 0.25) is 0 Å². The second-order valence-corrected chi connectivity index (χ2v) is 5.45. The summed E-state index contributed by atoms with van der Waals surface area (Å²) in [5.74, 6) is 0. The second-order valence-electron chi connectivity index (χ2n) is 5.45. The fourth-order valence-corrected chi connectivity index (χ4v) is 2.92. The van der Waals surface area contributed by atoms with Crippen LogP contribution >= 0.6 is 0 Å². The fraction of sp³-hybridized carbons (Fsp3) is 0.0500. The van der Waals surface area contributed by atoms with Crippen LogP contribution in [0, 0.1) is 0 Å². The van der Waals surface area contributed by atoms with Gasteiger partial charge in [0.25, 0.3) is 0 Å². The van der Waals surface area contributed by atoms with Crippen LogP contribution in [0.5, 0.6) is 0 Å². The predicted molar refractivity (Wildman–Crippen MR) is 94.1 cm³/mol. The lowest BCUT2D eigenvalue weighted by Crippen LogP contribution is -1.85. The maximum atomic E-state index is 4.61. The van der Waals surface area contributed by atoms with Gasteiger partial charge in [-0.3, -0.25) is 4.99 Å². The normalized spacial score (nSPS) is 11.7. The van der Waals surface area contributed by atoms with Crippen molar-refractivity contribution in [2.45, 2.75) is 0 Å². The summed E-state index contributed by atoms with van der Waals surface area (Å²) < 4.78 is 2.23. The molecule has 4 aromatic rings. The van der Waals surface area contributed by atoms with Gasteiger partial charge in [0.2, 0.25) is 0 Å². The molecule has 2 nitrogen and oxygen atoms in total. The summed E-state index contributed by atoms with van der Waals surface area (Å²) in [7, 11) is 2.11. The third-order valence-corrected chi connectivity index (χ3v) is 4.06. The van der Waals surface area contributed by atoms with Gasteiger partial charge in [0, 0.05) is 35.1 Å². The Balaban J connectivity index is 1.84. The first-order valence-electron chi connectivity index (χ1n) is 7.39. The van der Waals surface area contributed by atoms with E-state index in [4.69, 9.17) is 0 Å². The van der Waals surface area contributed by atoms with E-state index in [1.165, 1.54) is 21.8 Å². The van der Waals surface area contributed by atoms with E-state index in [2.05, 4.69) is 71.2 Å². The van der Waals surface area contributed by atoms with Gasteiger partial charge in [-0.15, -0.1) is 0 Å². The maximum absolute atomic E-state index is 4.61. The summed E-state index contributed by atoms with van der Waals surface area (Å²) in [6, 6.07) is 25.0. The van der Waals surface area contributed by atoms with Crippen LogP contribution in [-0.4, -0.2) is 10.8 Å². The van der Waals surface area contributed by atoms with Gasteiger partial charge in [-0.05, 0) is 29.8 Å². The highest BCUT2D eigenvalue weighted by atomic mass is 14.9. The van der Waals surface area contributed by atoms with E-state index >= 15 is 0 Å². The number of aliphatic imine (C=N–C) groups is 1. The largest absolute Gasteiger partial charge is 0.344 e. The van der Waals surface area contributed by atoms with Crippen molar-refractivity contribution in [3.63, 3.8) is 0 Å². The van der Waals surface area contributed by atoms with E-state index in [0.717, 1.165) is 11.3 Å². The van der Waals surface area contributed by atoms with Gasteiger partial charge in [0.05, 0.1) is 5.69 Å². The Labute approximate surface area is 129 Å². The Kier molecular flexibility index (Phi) is 3.01. The number of benzene rings is 3. The number of para-hydroxylation sites is 1. The van der Waals surface area contributed by atoms with Gasteiger partial charge < -0.3 is 4.57 Å². The Morgan fingerprint density at radius 1 is 0.773 bits per heavy atom. The van der Waals surface area contributed by atoms with Crippen LogP contribution in [-0.2, 0) is 7.05 Å². The molecular weight excluding hydrogens is 268 g/mol. The molecule has 0 atom stereocenters. The molecule has 2 heteroatoms.